The van der Waals surface area contributed by atoms with Crippen LogP contribution in [0.15, 0.2) is 28.6 Å². The largest absolute Gasteiger partial charge is 0.393 e. The normalized spacial score (nSPS) is 23.4. The summed E-state index contributed by atoms with van der Waals surface area (Å²) < 4.78 is 27.9. The van der Waals surface area contributed by atoms with Crippen molar-refractivity contribution in [1.82, 2.24) is 9.71 Å². The van der Waals surface area contributed by atoms with Gasteiger partial charge in [0.05, 0.1) is 16.3 Å². The molecular weight excluding hydrogens is 296 g/mol. The van der Waals surface area contributed by atoms with Crippen molar-refractivity contribution in [2.45, 2.75) is 30.3 Å². The molecule has 0 aliphatic heterocycles. The Kier molecular flexibility index (Phi) is 3.76. The molecule has 2 atom stereocenters. The Morgan fingerprint density at radius 1 is 1.45 bits per heavy atom. The summed E-state index contributed by atoms with van der Waals surface area (Å²) in [6.45, 7) is 0.284. The lowest BCUT2D eigenvalue weighted by molar-refractivity contribution is 0.134. The number of aromatic nitrogens is 1. The van der Waals surface area contributed by atoms with E-state index in [-0.39, 0.29) is 17.4 Å². The minimum atomic E-state index is -3.56. The Balaban J connectivity index is 1.76. The highest BCUT2D eigenvalue weighted by Crippen LogP contribution is 2.26. The van der Waals surface area contributed by atoms with Gasteiger partial charge in [-0.2, -0.15) is 0 Å². The lowest BCUT2D eigenvalue weighted by atomic mass is 10.1. The molecule has 0 saturated heterocycles. The third kappa shape index (κ3) is 2.71. The van der Waals surface area contributed by atoms with Crippen LogP contribution in [0.1, 0.15) is 19.3 Å². The van der Waals surface area contributed by atoms with Crippen LogP contribution < -0.4 is 4.72 Å². The standard InChI is InChI=1S/C13H16N2O3S2/c16-12-3-1-2-9(12)7-15-20(17,18)10-6-13-11(14-8-10)4-5-19-13/h4-6,8-9,12,15-16H,1-3,7H2. The summed E-state index contributed by atoms with van der Waals surface area (Å²) in [5.74, 6) is 0.0169. The van der Waals surface area contributed by atoms with Crippen LogP contribution in [0.25, 0.3) is 10.2 Å². The second-order valence-electron chi connectivity index (χ2n) is 5.09. The van der Waals surface area contributed by atoms with Crippen molar-refractivity contribution in [2.75, 3.05) is 6.54 Å². The number of sulfonamides is 1. The number of hydrogen-bond donors (Lipinski definition) is 2. The highest BCUT2D eigenvalue weighted by atomic mass is 32.2. The van der Waals surface area contributed by atoms with Gasteiger partial charge in [-0.15, -0.1) is 11.3 Å². The first-order valence-electron chi connectivity index (χ1n) is 6.57. The molecule has 2 aromatic heterocycles. The van der Waals surface area contributed by atoms with Crippen LogP contribution in [-0.2, 0) is 10.0 Å². The number of hydrogen-bond acceptors (Lipinski definition) is 5. The highest BCUT2D eigenvalue weighted by Gasteiger charge is 2.27. The van der Waals surface area contributed by atoms with Crippen molar-refractivity contribution < 1.29 is 13.5 Å². The number of nitrogens with one attached hydrogen (secondary N) is 1. The lowest BCUT2D eigenvalue weighted by Gasteiger charge is -2.15. The summed E-state index contributed by atoms with van der Waals surface area (Å²) >= 11 is 1.47. The highest BCUT2D eigenvalue weighted by molar-refractivity contribution is 7.89. The maximum atomic E-state index is 12.2. The van der Waals surface area contributed by atoms with E-state index in [4.69, 9.17) is 0 Å². The van der Waals surface area contributed by atoms with E-state index < -0.39 is 16.1 Å². The van der Waals surface area contributed by atoms with E-state index in [0.717, 1.165) is 29.5 Å². The number of thiophene rings is 1. The maximum Gasteiger partial charge on any atom is 0.242 e. The van der Waals surface area contributed by atoms with Crippen molar-refractivity contribution in [3.63, 3.8) is 0 Å². The minimum Gasteiger partial charge on any atom is -0.393 e. The smallest absolute Gasteiger partial charge is 0.242 e. The summed E-state index contributed by atoms with van der Waals surface area (Å²) in [6.07, 6.45) is 3.57. The summed E-state index contributed by atoms with van der Waals surface area (Å²) in [4.78, 5) is 4.32. The number of nitrogens with zero attached hydrogens (tertiary/aromatic N) is 1. The van der Waals surface area contributed by atoms with Crippen molar-refractivity contribution >= 4 is 31.6 Å². The van der Waals surface area contributed by atoms with E-state index in [1.54, 1.807) is 6.07 Å². The molecule has 0 bridgehead atoms. The summed E-state index contributed by atoms with van der Waals surface area (Å²) in [5.41, 5.74) is 0.806. The molecule has 2 unspecified atom stereocenters. The van der Waals surface area contributed by atoms with Crippen molar-refractivity contribution in [1.29, 1.82) is 0 Å². The monoisotopic (exact) mass is 312 g/mol. The Morgan fingerprint density at radius 2 is 2.30 bits per heavy atom. The quantitative estimate of drug-likeness (QED) is 0.901. The first kappa shape index (κ1) is 13.9. The molecule has 2 aromatic rings. The van der Waals surface area contributed by atoms with E-state index in [9.17, 15) is 13.5 Å². The fourth-order valence-electron chi connectivity index (χ4n) is 2.53. The third-order valence-electron chi connectivity index (χ3n) is 3.74. The van der Waals surface area contributed by atoms with E-state index >= 15 is 0 Å². The van der Waals surface area contributed by atoms with Gasteiger partial charge < -0.3 is 5.11 Å². The molecular formula is C13H16N2O3S2. The molecule has 2 N–H and O–H groups in total. The molecule has 0 aromatic carbocycles. The van der Waals surface area contributed by atoms with Crippen LogP contribution in [0.4, 0.5) is 0 Å². The Labute approximate surface area is 121 Å². The van der Waals surface area contributed by atoms with Crippen molar-refractivity contribution in [3.8, 4) is 0 Å². The number of fused-ring (bicyclic) bond motifs is 1. The second kappa shape index (κ2) is 5.40. The van der Waals surface area contributed by atoms with Crippen molar-refractivity contribution in [3.05, 3.63) is 23.7 Å². The molecule has 0 radical (unpaired) electrons. The molecule has 1 saturated carbocycles. The third-order valence-corrected chi connectivity index (χ3v) is 5.99. The van der Waals surface area contributed by atoms with Gasteiger partial charge in [-0.1, -0.05) is 6.42 Å². The van der Waals surface area contributed by atoms with Crippen LogP contribution in [0.5, 0.6) is 0 Å². The van der Waals surface area contributed by atoms with E-state index in [1.165, 1.54) is 17.5 Å². The number of pyridine rings is 1. The molecule has 0 amide bonds. The Hall–Kier alpha value is -1.02. The van der Waals surface area contributed by atoms with E-state index in [0.29, 0.717) is 0 Å². The zero-order valence-electron chi connectivity index (χ0n) is 10.8. The molecule has 7 heteroatoms. The number of aliphatic hydroxyl groups is 1. The van der Waals surface area contributed by atoms with Crippen LogP contribution in [0.3, 0.4) is 0 Å². The second-order valence-corrected chi connectivity index (χ2v) is 7.80. The molecule has 0 spiro atoms. The maximum absolute atomic E-state index is 12.2. The lowest BCUT2D eigenvalue weighted by Crippen LogP contribution is -2.32. The summed E-state index contributed by atoms with van der Waals surface area (Å²) in [6, 6.07) is 3.50. The van der Waals surface area contributed by atoms with Gasteiger partial charge in [0.15, 0.2) is 0 Å². The summed E-state index contributed by atoms with van der Waals surface area (Å²) in [7, 11) is -3.56. The average molecular weight is 312 g/mol. The SMILES string of the molecule is O=S(=O)(NCC1CCCC1O)c1cnc2ccsc2c1. The molecule has 1 aliphatic carbocycles. The topological polar surface area (TPSA) is 79.3 Å². The Bertz CT molecular complexity index is 711. The molecule has 1 fully saturated rings. The van der Waals surface area contributed by atoms with Crippen LogP contribution in [0, 0.1) is 5.92 Å². The zero-order valence-corrected chi connectivity index (χ0v) is 12.5. The first-order chi connectivity index (χ1) is 9.56. The van der Waals surface area contributed by atoms with Gasteiger partial charge in [-0.25, -0.2) is 13.1 Å². The molecule has 1 aliphatic rings. The van der Waals surface area contributed by atoms with E-state index in [1.807, 2.05) is 11.4 Å². The fourth-order valence-corrected chi connectivity index (χ4v) is 4.45. The van der Waals surface area contributed by atoms with Gasteiger partial charge in [0.25, 0.3) is 0 Å². The molecule has 2 heterocycles. The molecule has 5 nitrogen and oxygen atoms in total. The van der Waals surface area contributed by atoms with Gasteiger partial charge in [0, 0.05) is 12.7 Å². The van der Waals surface area contributed by atoms with Crippen LogP contribution in [-0.4, -0.2) is 31.2 Å². The van der Waals surface area contributed by atoms with Gasteiger partial charge >= 0.3 is 0 Å². The van der Waals surface area contributed by atoms with Gasteiger partial charge in [-0.3, -0.25) is 4.98 Å². The molecule has 20 heavy (non-hydrogen) atoms. The van der Waals surface area contributed by atoms with Crippen LogP contribution >= 0.6 is 11.3 Å². The minimum absolute atomic E-state index is 0.0169. The average Bonchev–Trinajstić information content (AvgIpc) is 3.04. The van der Waals surface area contributed by atoms with Gasteiger partial charge in [-0.05, 0) is 36.3 Å². The first-order valence-corrected chi connectivity index (χ1v) is 8.93. The predicted octanol–water partition coefficient (Wildman–Crippen LogP) is 1.74. The van der Waals surface area contributed by atoms with Gasteiger partial charge in [0.1, 0.15) is 4.90 Å². The van der Waals surface area contributed by atoms with E-state index in [2.05, 4.69) is 9.71 Å². The fraction of sp³-hybridized carbons (Fsp3) is 0.462. The summed E-state index contributed by atoms with van der Waals surface area (Å²) in [5, 5.41) is 11.6. The number of rotatable bonds is 4. The predicted molar refractivity (Wildman–Crippen MR) is 78.2 cm³/mol. The van der Waals surface area contributed by atoms with Crippen LogP contribution in [0.2, 0.25) is 0 Å². The zero-order chi connectivity index (χ0) is 14.2. The molecule has 3 rings (SSSR count). The van der Waals surface area contributed by atoms with Gasteiger partial charge in [0.2, 0.25) is 10.0 Å². The molecule has 108 valence electrons. The van der Waals surface area contributed by atoms with Crippen molar-refractivity contribution in [2.24, 2.45) is 5.92 Å². The Morgan fingerprint density at radius 3 is 3.05 bits per heavy atom. The number of aliphatic hydroxyl groups excluding tert-OH is 1.